The number of amides is 2. The van der Waals surface area contributed by atoms with Crippen LogP contribution in [0.1, 0.15) is 0 Å². The predicted molar refractivity (Wildman–Crippen MR) is 103 cm³/mol. The van der Waals surface area contributed by atoms with Crippen molar-refractivity contribution in [2.75, 3.05) is 16.4 Å². The van der Waals surface area contributed by atoms with E-state index in [4.69, 9.17) is 16.7 Å². The Morgan fingerprint density at radius 2 is 1.81 bits per heavy atom. The van der Waals surface area contributed by atoms with Crippen molar-refractivity contribution < 1.29 is 23.9 Å². The zero-order valence-electron chi connectivity index (χ0n) is 13.7. The lowest BCUT2D eigenvalue weighted by Crippen LogP contribution is -2.14. The Bertz CT molecular complexity index is 905. The lowest BCUT2D eigenvalue weighted by molar-refractivity contribution is -0.131. The first-order valence-corrected chi connectivity index (χ1v) is 8.89. The van der Waals surface area contributed by atoms with Crippen LogP contribution in [0.2, 0.25) is 5.02 Å². The van der Waals surface area contributed by atoms with E-state index in [0.29, 0.717) is 11.4 Å². The molecule has 9 heteroatoms. The van der Waals surface area contributed by atoms with Gasteiger partial charge >= 0.3 is 5.97 Å². The molecular formula is C18H14ClFN2O4S. The number of carboxylic acids is 1. The summed E-state index contributed by atoms with van der Waals surface area (Å²) in [6.45, 7) is 0. The van der Waals surface area contributed by atoms with Crippen molar-refractivity contribution in [2.45, 2.75) is 4.90 Å². The van der Waals surface area contributed by atoms with E-state index in [1.54, 1.807) is 24.3 Å². The molecule has 2 rings (SSSR count). The van der Waals surface area contributed by atoms with Gasteiger partial charge in [0.15, 0.2) is 0 Å². The number of halogens is 2. The first-order chi connectivity index (χ1) is 12.8. The fraction of sp³-hybridized carbons (Fsp3) is 0.0556. The van der Waals surface area contributed by atoms with Crippen LogP contribution in [0.4, 0.5) is 15.8 Å². The van der Waals surface area contributed by atoms with Crippen LogP contribution in [0, 0.1) is 5.82 Å². The maximum absolute atomic E-state index is 13.1. The summed E-state index contributed by atoms with van der Waals surface area (Å²) in [4.78, 5) is 34.7. The first-order valence-electron chi connectivity index (χ1n) is 7.53. The molecule has 0 unspecified atom stereocenters. The van der Waals surface area contributed by atoms with Crippen LogP contribution in [0.15, 0.2) is 59.5 Å². The van der Waals surface area contributed by atoms with Gasteiger partial charge in [-0.1, -0.05) is 17.7 Å². The number of nitrogens with one attached hydrogen (secondary N) is 2. The minimum absolute atomic E-state index is 0.0826. The van der Waals surface area contributed by atoms with Gasteiger partial charge in [0.05, 0.1) is 10.8 Å². The molecule has 0 fully saturated rings. The van der Waals surface area contributed by atoms with Crippen molar-refractivity contribution >= 4 is 52.5 Å². The second kappa shape index (κ2) is 9.75. The molecule has 0 bridgehead atoms. The van der Waals surface area contributed by atoms with Crippen molar-refractivity contribution in [3.63, 3.8) is 0 Å². The van der Waals surface area contributed by atoms with Crippen molar-refractivity contribution in [1.29, 1.82) is 0 Å². The Hall–Kier alpha value is -2.84. The molecule has 140 valence electrons. The molecular weight excluding hydrogens is 395 g/mol. The van der Waals surface area contributed by atoms with Gasteiger partial charge in [-0.25, -0.2) is 9.18 Å². The van der Waals surface area contributed by atoms with Crippen LogP contribution in [-0.4, -0.2) is 28.6 Å². The molecule has 0 atom stereocenters. The molecule has 2 aromatic rings. The van der Waals surface area contributed by atoms with Gasteiger partial charge in [-0.2, -0.15) is 0 Å². The number of hydrogen-bond acceptors (Lipinski definition) is 4. The van der Waals surface area contributed by atoms with E-state index in [2.05, 4.69) is 10.6 Å². The van der Waals surface area contributed by atoms with Crippen molar-refractivity contribution in [3.05, 3.63) is 65.5 Å². The molecule has 0 aromatic heterocycles. The average molecular weight is 409 g/mol. The van der Waals surface area contributed by atoms with Gasteiger partial charge in [0, 0.05) is 28.4 Å². The SMILES string of the molecule is O=C(O)/C=C/C(=O)Nc1cccc(SCC(=O)Nc2ccc(F)c(Cl)c2)c1. The molecule has 2 aromatic carbocycles. The van der Waals surface area contributed by atoms with Gasteiger partial charge in [0.2, 0.25) is 11.8 Å². The number of hydrogen-bond donors (Lipinski definition) is 3. The number of carboxylic acid groups (broad SMARTS) is 1. The molecule has 0 aliphatic heterocycles. The predicted octanol–water partition coefficient (Wildman–Crippen LogP) is 3.79. The van der Waals surface area contributed by atoms with Crippen LogP contribution >= 0.6 is 23.4 Å². The van der Waals surface area contributed by atoms with Gasteiger partial charge in [-0.15, -0.1) is 11.8 Å². The van der Waals surface area contributed by atoms with E-state index in [1.807, 2.05) is 0 Å². The Labute approximate surface area is 163 Å². The maximum Gasteiger partial charge on any atom is 0.328 e. The topological polar surface area (TPSA) is 95.5 Å². The highest BCUT2D eigenvalue weighted by Crippen LogP contribution is 2.23. The number of carbonyl (C=O) groups excluding carboxylic acids is 2. The quantitative estimate of drug-likeness (QED) is 0.478. The average Bonchev–Trinajstić information content (AvgIpc) is 2.62. The second-order valence-electron chi connectivity index (χ2n) is 5.15. The molecule has 27 heavy (non-hydrogen) atoms. The minimum Gasteiger partial charge on any atom is -0.478 e. The van der Waals surface area contributed by atoms with E-state index in [1.165, 1.54) is 23.9 Å². The van der Waals surface area contributed by atoms with Gasteiger partial charge in [0.1, 0.15) is 5.82 Å². The van der Waals surface area contributed by atoms with E-state index in [9.17, 15) is 18.8 Å². The van der Waals surface area contributed by atoms with Gasteiger partial charge in [0.25, 0.3) is 0 Å². The summed E-state index contributed by atoms with van der Waals surface area (Å²) in [7, 11) is 0. The fourth-order valence-electron chi connectivity index (χ4n) is 1.91. The third kappa shape index (κ3) is 7.12. The van der Waals surface area contributed by atoms with Gasteiger partial charge in [-0.05, 0) is 36.4 Å². The molecule has 0 radical (unpaired) electrons. The number of aliphatic carboxylic acids is 1. The smallest absolute Gasteiger partial charge is 0.328 e. The van der Waals surface area contributed by atoms with E-state index < -0.39 is 17.7 Å². The summed E-state index contributed by atoms with van der Waals surface area (Å²) in [6.07, 6.45) is 1.64. The van der Waals surface area contributed by atoms with Crippen LogP contribution in [0.3, 0.4) is 0 Å². The highest BCUT2D eigenvalue weighted by molar-refractivity contribution is 8.00. The summed E-state index contributed by atoms with van der Waals surface area (Å²) in [5.74, 6) is -2.58. The summed E-state index contributed by atoms with van der Waals surface area (Å²) < 4.78 is 13.1. The van der Waals surface area contributed by atoms with E-state index >= 15 is 0 Å². The van der Waals surface area contributed by atoms with Gasteiger partial charge in [-0.3, -0.25) is 9.59 Å². The van der Waals surface area contributed by atoms with Crippen molar-refractivity contribution in [3.8, 4) is 0 Å². The molecule has 0 aliphatic carbocycles. The molecule has 0 saturated carbocycles. The summed E-state index contributed by atoms with van der Waals surface area (Å²) >= 11 is 6.90. The van der Waals surface area contributed by atoms with Crippen LogP contribution in [0.5, 0.6) is 0 Å². The zero-order chi connectivity index (χ0) is 19.8. The molecule has 6 nitrogen and oxygen atoms in total. The minimum atomic E-state index is -1.22. The third-order valence-electron chi connectivity index (χ3n) is 3.05. The molecule has 0 heterocycles. The zero-order valence-corrected chi connectivity index (χ0v) is 15.3. The van der Waals surface area contributed by atoms with Crippen molar-refractivity contribution in [1.82, 2.24) is 0 Å². The Kier molecular flexibility index (Phi) is 7.39. The lowest BCUT2D eigenvalue weighted by Gasteiger charge is -2.07. The summed E-state index contributed by atoms with van der Waals surface area (Å²) in [6, 6.07) is 10.6. The number of thioether (sulfide) groups is 1. The van der Waals surface area contributed by atoms with Gasteiger partial charge < -0.3 is 15.7 Å². The van der Waals surface area contributed by atoms with Crippen LogP contribution in [-0.2, 0) is 14.4 Å². The Morgan fingerprint density at radius 3 is 2.52 bits per heavy atom. The van der Waals surface area contributed by atoms with Crippen LogP contribution in [0.25, 0.3) is 0 Å². The highest BCUT2D eigenvalue weighted by atomic mass is 35.5. The fourth-order valence-corrected chi connectivity index (χ4v) is 2.85. The monoisotopic (exact) mass is 408 g/mol. The third-order valence-corrected chi connectivity index (χ3v) is 4.34. The molecule has 0 spiro atoms. The largest absolute Gasteiger partial charge is 0.478 e. The molecule has 3 N–H and O–H groups in total. The summed E-state index contributed by atoms with van der Waals surface area (Å²) in [5.41, 5.74) is 0.851. The summed E-state index contributed by atoms with van der Waals surface area (Å²) in [5, 5.41) is 13.5. The van der Waals surface area contributed by atoms with Crippen molar-refractivity contribution in [2.24, 2.45) is 0 Å². The Balaban J connectivity index is 1.90. The Morgan fingerprint density at radius 1 is 1.07 bits per heavy atom. The molecule has 2 amide bonds. The maximum atomic E-state index is 13.1. The first kappa shape index (κ1) is 20.5. The molecule has 0 aliphatic rings. The molecule has 0 saturated heterocycles. The van der Waals surface area contributed by atoms with E-state index in [-0.39, 0.29) is 16.7 Å². The van der Waals surface area contributed by atoms with Crippen LogP contribution < -0.4 is 10.6 Å². The number of carbonyl (C=O) groups is 3. The standard InChI is InChI=1S/C18H14ClFN2O4S/c19-14-9-12(4-5-15(14)20)22-17(24)10-27-13-3-1-2-11(8-13)21-16(23)6-7-18(25)26/h1-9H,10H2,(H,21,23)(H,22,24)(H,25,26)/b7-6+. The number of rotatable bonds is 7. The second-order valence-corrected chi connectivity index (χ2v) is 6.61. The number of benzene rings is 2. The highest BCUT2D eigenvalue weighted by Gasteiger charge is 2.07. The normalized spacial score (nSPS) is 10.6. The van der Waals surface area contributed by atoms with E-state index in [0.717, 1.165) is 23.1 Å². The number of anilines is 2. The lowest BCUT2D eigenvalue weighted by atomic mass is 10.3.